The minimum absolute atomic E-state index is 0.769. The van der Waals surface area contributed by atoms with Gasteiger partial charge in [0.25, 0.3) is 0 Å². The highest BCUT2D eigenvalue weighted by Crippen LogP contribution is 2.01. The highest BCUT2D eigenvalue weighted by Gasteiger charge is 2.07. The van der Waals surface area contributed by atoms with Crippen molar-refractivity contribution in [2.75, 3.05) is 53.4 Å². The summed E-state index contributed by atoms with van der Waals surface area (Å²) in [7, 11) is 4.31. The van der Waals surface area contributed by atoms with Gasteiger partial charge in [0.15, 0.2) is 0 Å². The Morgan fingerprint density at radius 2 is 1.67 bits per heavy atom. The SMILES string of the molecule is CCCNCCCCN(CCN(C)C)CC(C)C. The lowest BCUT2D eigenvalue weighted by Gasteiger charge is -2.25. The molecule has 110 valence electrons. The third-order valence-electron chi connectivity index (χ3n) is 2.99. The molecule has 0 aliphatic carbocycles. The predicted molar refractivity (Wildman–Crippen MR) is 82.2 cm³/mol. The average molecular weight is 257 g/mol. The van der Waals surface area contributed by atoms with Crippen LogP contribution in [0.5, 0.6) is 0 Å². The molecule has 0 radical (unpaired) electrons. The van der Waals surface area contributed by atoms with Crippen LogP contribution in [0, 0.1) is 5.92 Å². The van der Waals surface area contributed by atoms with Crippen molar-refractivity contribution in [2.45, 2.75) is 40.0 Å². The zero-order valence-electron chi connectivity index (χ0n) is 13.3. The van der Waals surface area contributed by atoms with Gasteiger partial charge in [-0.25, -0.2) is 0 Å². The van der Waals surface area contributed by atoms with E-state index in [-0.39, 0.29) is 0 Å². The first kappa shape index (κ1) is 17.9. The molecule has 0 spiro atoms. The summed E-state index contributed by atoms with van der Waals surface area (Å²) in [4.78, 5) is 4.89. The Kier molecular flexibility index (Phi) is 11.9. The van der Waals surface area contributed by atoms with Crippen LogP contribution in [-0.2, 0) is 0 Å². The number of nitrogens with one attached hydrogen (secondary N) is 1. The fourth-order valence-corrected chi connectivity index (χ4v) is 2.04. The fourth-order valence-electron chi connectivity index (χ4n) is 2.04. The van der Waals surface area contributed by atoms with Crippen LogP contribution in [0.1, 0.15) is 40.0 Å². The molecule has 0 bridgehead atoms. The van der Waals surface area contributed by atoms with Crippen molar-refractivity contribution >= 4 is 0 Å². The summed E-state index contributed by atoms with van der Waals surface area (Å²) in [6.07, 6.45) is 3.86. The molecule has 0 rings (SSSR count). The van der Waals surface area contributed by atoms with Crippen LogP contribution < -0.4 is 5.32 Å². The largest absolute Gasteiger partial charge is 0.317 e. The maximum absolute atomic E-state index is 3.47. The van der Waals surface area contributed by atoms with E-state index in [9.17, 15) is 0 Å². The Morgan fingerprint density at radius 1 is 0.944 bits per heavy atom. The molecule has 18 heavy (non-hydrogen) atoms. The molecule has 0 aromatic rings. The Hall–Kier alpha value is -0.120. The molecular formula is C15H35N3. The molecule has 0 saturated heterocycles. The normalized spacial score (nSPS) is 12.0. The van der Waals surface area contributed by atoms with Crippen molar-refractivity contribution < 1.29 is 0 Å². The van der Waals surface area contributed by atoms with E-state index in [1.807, 2.05) is 0 Å². The van der Waals surface area contributed by atoms with Gasteiger partial charge in [-0.1, -0.05) is 20.8 Å². The van der Waals surface area contributed by atoms with E-state index in [0.29, 0.717) is 0 Å². The maximum atomic E-state index is 3.47. The van der Waals surface area contributed by atoms with Gasteiger partial charge >= 0.3 is 0 Å². The minimum Gasteiger partial charge on any atom is -0.317 e. The van der Waals surface area contributed by atoms with Gasteiger partial charge in [0.2, 0.25) is 0 Å². The molecule has 3 nitrogen and oxygen atoms in total. The van der Waals surface area contributed by atoms with Gasteiger partial charge < -0.3 is 15.1 Å². The molecular weight excluding hydrogens is 222 g/mol. The van der Waals surface area contributed by atoms with Crippen LogP contribution in [0.25, 0.3) is 0 Å². The van der Waals surface area contributed by atoms with Crippen molar-refractivity contribution in [3.05, 3.63) is 0 Å². The summed E-state index contributed by atoms with van der Waals surface area (Å²) in [5.41, 5.74) is 0. The minimum atomic E-state index is 0.769. The number of rotatable bonds is 12. The van der Waals surface area contributed by atoms with Crippen LogP contribution in [0.2, 0.25) is 0 Å². The molecule has 0 unspecified atom stereocenters. The lowest BCUT2D eigenvalue weighted by Crippen LogP contribution is -2.35. The summed E-state index contributed by atoms with van der Waals surface area (Å²) >= 11 is 0. The summed E-state index contributed by atoms with van der Waals surface area (Å²) in [6.45, 7) is 14.0. The second-order valence-electron chi connectivity index (χ2n) is 5.95. The average Bonchev–Trinajstić information content (AvgIpc) is 2.29. The van der Waals surface area contributed by atoms with Crippen molar-refractivity contribution in [3.63, 3.8) is 0 Å². The van der Waals surface area contributed by atoms with E-state index in [1.54, 1.807) is 0 Å². The second-order valence-corrected chi connectivity index (χ2v) is 5.95. The predicted octanol–water partition coefficient (Wildman–Crippen LogP) is 2.29. The number of hydrogen-bond acceptors (Lipinski definition) is 3. The van der Waals surface area contributed by atoms with Gasteiger partial charge in [-0.3, -0.25) is 0 Å². The third kappa shape index (κ3) is 12.3. The van der Waals surface area contributed by atoms with E-state index < -0.39 is 0 Å². The molecule has 0 aliphatic heterocycles. The summed E-state index contributed by atoms with van der Waals surface area (Å²) in [5, 5.41) is 3.47. The number of nitrogens with zero attached hydrogens (tertiary/aromatic N) is 2. The summed E-state index contributed by atoms with van der Waals surface area (Å²) in [5.74, 6) is 0.769. The molecule has 0 amide bonds. The van der Waals surface area contributed by atoms with Crippen molar-refractivity contribution in [2.24, 2.45) is 5.92 Å². The molecule has 1 N–H and O–H groups in total. The molecule has 0 fully saturated rings. The Bertz CT molecular complexity index is 169. The second kappa shape index (κ2) is 11.9. The van der Waals surface area contributed by atoms with Crippen LogP contribution in [-0.4, -0.2) is 63.2 Å². The topological polar surface area (TPSA) is 18.5 Å². The lowest BCUT2D eigenvalue weighted by molar-refractivity contribution is 0.215. The molecule has 0 heterocycles. The summed E-state index contributed by atoms with van der Waals surface area (Å²) < 4.78 is 0. The van der Waals surface area contributed by atoms with Gasteiger partial charge in [0.05, 0.1) is 0 Å². The molecule has 0 aromatic carbocycles. The van der Waals surface area contributed by atoms with Crippen molar-refractivity contribution in [1.82, 2.24) is 15.1 Å². The van der Waals surface area contributed by atoms with Gasteiger partial charge in [-0.2, -0.15) is 0 Å². The third-order valence-corrected chi connectivity index (χ3v) is 2.99. The standard InChI is InChI=1S/C15H35N3/c1-6-9-16-10-7-8-11-18(14-15(2)3)13-12-17(4)5/h15-16H,6-14H2,1-5H3. The van der Waals surface area contributed by atoms with Crippen LogP contribution >= 0.6 is 0 Å². The molecule has 3 heteroatoms. The molecule has 0 atom stereocenters. The fraction of sp³-hybridized carbons (Fsp3) is 1.00. The highest BCUT2D eigenvalue weighted by atomic mass is 15.2. The maximum Gasteiger partial charge on any atom is 0.0109 e. The molecule has 0 saturated carbocycles. The number of unbranched alkanes of at least 4 members (excludes halogenated alkanes) is 1. The van der Waals surface area contributed by atoms with Crippen LogP contribution in [0.3, 0.4) is 0 Å². The summed E-state index contributed by atoms with van der Waals surface area (Å²) in [6, 6.07) is 0. The Balaban J connectivity index is 3.65. The Labute approximate surface area is 115 Å². The van der Waals surface area contributed by atoms with Crippen LogP contribution in [0.15, 0.2) is 0 Å². The zero-order chi connectivity index (χ0) is 13.8. The van der Waals surface area contributed by atoms with E-state index in [1.165, 1.54) is 52.0 Å². The number of hydrogen-bond donors (Lipinski definition) is 1. The van der Waals surface area contributed by atoms with Gasteiger partial charge in [-0.15, -0.1) is 0 Å². The van der Waals surface area contributed by atoms with E-state index in [2.05, 4.69) is 50.0 Å². The van der Waals surface area contributed by atoms with Crippen molar-refractivity contribution in [3.8, 4) is 0 Å². The Morgan fingerprint density at radius 3 is 2.22 bits per heavy atom. The first-order chi connectivity index (χ1) is 8.56. The van der Waals surface area contributed by atoms with Crippen molar-refractivity contribution in [1.29, 1.82) is 0 Å². The van der Waals surface area contributed by atoms with E-state index in [0.717, 1.165) is 12.5 Å². The number of likely N-dealkylation sites (N-methyl/N-ethyl adjacent to an activating group) is 1. The van der Waals surface area contributed by atoms with E-state index in [4.69, 9.17) is 0 Å². The van der Waals surface area contributed by atoms with Gasteiger partial charge in [0, 0.05) is 19.6 Å². The first-order valence-electron chi connectivity index (χ1n) is 7.64. The lowest BCUT2D eigenvalue weighted by atomic mass is 10.2. The highest BCUT2D eigenvalue weighted by molar-refractivity contribution is 4.62. The van der Waals surface area contributed by atoms with Gasteiger partial charge in [-0.05, 0) is 58.9 Å². The van der Waals surface area contributed by atoms with Crippen LogP contribution in [0.4, 0.5) is 0 Å². The van der Waals surface area contributed by atoms with E-state index >= 15 is 0 Å². The quantitative estimate of drug-likeness (QED) is 0.541. The zero-order valence-corrected chi connectivity index (χ0v) is 13.3. The molecule has 0 aliphatic rings. The monoisotopic (exact) mass is 257 g/mol. The first-order valence-corrected chi connectivity index (χ1v) is 7.64. The smallest absolute Gasteiger partial charge is 0.0109 e. The van der Waals surface area contributed by atoms with Gasteiger partial charge in [0.1, 0.15) is 0 Å². The molecule has 0 aromatic heterocycles.